The smallest absolute Gasteiger partial charge is 0.153 e. The lowest BCUT2D eigenvalue weighted by Gasteiger charge is -2.28. The monoisotopic (exact) mass is 230 g/mol. The number of hydrogen-bond donors (Lipinski definition) is 3. The Hall–Kier alpha value is -0.870. The van der Waals surface area contributed by atoms with E-state index in [0.29, 0.717) is 6.54 Å². The van der Waals surface area contributed by atoms with Crippen LogP contribution in [0.3, 0.4) is 0 Å². The summed E-state index contributed by atoms with van der Waals surface area (Å²) in [6.07, 6.45) is 0. The molecule has 2 atom stereocenters. The number of phenolic OH excluding ortho intramolecular Hbond substituents is 1. The molecule has 3 N–H and O–H groups in total. The van der Waals surface area contributed by atoms with E-state index in [1.54, 1.807) is 19.1 Å². The van der Waals surface area contributed by atoms with Crippen molar-refractivity contribution in [3.05, 3.63) is 29.8 Å². The van der Waals surface area contributed by atoms with Gasteiger partial charge >= 0.3 is 0 Å². The Kier molecular flexibility index (Phi) is 3.88. The maximum Gasteiger partial charge on any atom is 0.153 e. The summed E-state index contributed by atoms with van der Waals surface area (Å²) in [6.45, 7) is 2.08. The zero-order valence-electron chi connectivity index (χ0n) is 8.25. The third kappa shape index (κ3) is 3.04. The highest BCUT2D eigenvalue weighted by Gasteiger charge is 2.23. The third-order valence-corrected chi connectivity index (χ3v) is 3.07. The average molecular weight is 230 g/mol. The third-order valence-electron chi connectivity index (χ3n) is 1.96. The molecular formula is C9H13NO4P-. The molecule has 0 aliphatic heterocycles. The Morgan fingerprint density at radius 2 is 2.13 bits per heavy atom. The number of benzene rings is 1. The molecule has 5 nitrogen and oxygen atoms in total. The molecule has 1 aromatic carbocycles. The first-order valence-electron chi connectivity index (χ1n) is 4.51. The highest BCUT2D eigenvalue weighted by atomic mass is 31.2. The second kappa shape index (κ2) is 4.77. The van der Waals surface area contributed by atoms with Gasteiger partial charge in [-0.2, -0.15) is 0 Å². The first-order valence-corrected chi connectivity index (χ1v) is 6.16. The van der Waals surface area contributed by atoms with Crippen molar-refractivity contribution in [2.45, 2.75) is 12.7 Å². The molecule has 0 aromatic heterocycles. The minimum atomic E-state index is -4.56. The molecule has 0 radical (unpaired) electrons. The molecule has 0 fully saturated rings. The summed E-state index contributed by atoms with van der Waals surface area (Å²) in [5.74, 6) is -1.42. The van der Waals surface area contributed by atoms with E-state index in [0.717, 1.165) is 0 Å². The van der Waals surface area contributed by atoms with E-state index in [9.17, 15) is 14.6 Å². The van der Waals surface area contributed by atoms with Crippen LogP contribution in [0, 0.1) is 0 Å². The van der Waals surface area contributed by atoms with Crippen molar-refractivity contribution in [3.8, 4) is 5.75 Å². The van der Waals surface area contributed by atoms with Crippen molar-refractivity contribution in [1.29, 1.82) is 0 Å². The Morgan fingerprint density at radius 3 is 2.60 bits per heavy atom. The molecular weight excluding hydrogens is 217 g/mol. The summed E-state index contributed by atoms with van der Waals surface area (Å²) in [4.78, 5) is 20.1. The molecule has 0 aliphatic carbocycles. The van der Waals surface area contributed by atoms with Gasteiger partial charge < -0.3 is 24.8 Å². The summed E-state index contributed by atoms with van der Waals surface area (Å²) in [7, 11) is -4.56. The predicted octanol–water partition coefficient (Wildman–Crippen LogP) is 0.546. The fourth-order valence-corrected chi connectivity index (χ4v) is 2.30. The standard InChI is InChI=1S/C9H14NO4P/c1-2-10-9(15(12,13)14)7-5-3-4-6-8(7)11/h3-6,9-11H,2H2,1H3,(H2,12,13,14)/p-1. The van der Waals surface area contributed by atoms with Gasteiger partial charge in [0.1, 0.15) is 11.5 Å². The van der Waals surface area contributed by atoms with Crippen LogP contribution in [0.15, 0.2) is 24.3 Å². The normalized spacial score (nSPS) is 17.0. The molecule has 2 unspecified atom stereocenters. The quantitative estimate of drug-likeness (QED) is 0.657. The molecule has 0 aliphatic rings. The second-order valence-electron chi connectivity index (χ2n) is 3.08. The summed E-state index contributed by atoms with van der Waals surface area (Å²) in [6, 6.07) is 5.99. The minimum Gasteiger partial charge on any atom is -0.777 e. The lowest BCUT2D eigenvalue weighted by atomic mass is 10.2. The Morgan fingerprint density at radius 1 is 1.53 bits per heavy atom. The number of nitrogens with one attached hydrogen (secondary N) is 1. The number of phenols is 1. The lowest BCUT2D eigenvalue weighted by Crippen LogP contribution is -2.25. The first kappa shape index (κ1) is 12.2. The Bertz CT molecular complexity index is 376. The predicted molar refractivity (Wildman–Crippen MR) is 54.3 cm³/mol. The molecule has 0 saturated heterocycles. The van der Waals surface area contributed by atoms with Gasteiger partial charge in [0.05, 0.1) is 0 Å². The van der Waals surface area contributed by atoms with Crippen molar-refractivity contribution in [3.63, 3.8) is 0 Å². The minimum absolute atomic E-state index is 0.153. The largest absolute Gasteiger partial charge is 0.777 e. The Balaban J connectivity index is 3.10. The van der Waals surface area contributed by atoms with Crippen LogP contribution in [-0.4, -0.2) is 16.5 Å². The van der Waals surface area contributed by atoms with E-state index < -0.39 is 13.4 Å². The van der Waals surface area contributed by atoms with Crippen LogP contribution in [0.5, 0.6) is 5.75 Å². The van der Waals surface area contributed by atoms with Crippen LogP contribution < -0.4 is 10.2 Å². The number of aromatic hydroxyl groups is 1. The summed E-state index contributed by atoms with van der Waals surface area (Å²) in [5.41, 5.74) is 0.153. The topological polar surface area (TPSA) is 92.6 Å². The van der Waals surface area contributed by atoms with Crippen molar-refractivity contribution in [2.24, 2.45) is 0 Å². The fraction of sp³-hybridized carbons (Fsp3) is 0.333. The lowest BCUT2D eigenvalue weighted by molar-refractivity contribution is -0.197. The highest BCUT2D eigenvalue weighted by Crippen LogP contribution is 2.48. The molecule has 0 bridgehead atoms. The van der Waals surface area contributed by atoms with Crippen LogP contribution in [0.1, 0.15) is 18.3 Å². The highest BCUT2D eigenvalue weighted by molar-refractivity contribution is 7.50. The van der Waals surface area contributed by atoms with E-state index in [4.69, 9.17) is 4.89 Å². The van der Waals surface area contributed by atoms with Gasteiger partial charge in [-0.05, 0) is 12.6 Å². The molecule has 0 spiro atoms. The van der Waals surface area contributed by atoms with Gasteiger partial charge in [0, 0.05) is 5.56 Å². The molecule has 6 heteroatoms. The van der Waals surface area contributed by atoms with Crippen LogP contribution in [-0.2, 0) is 4.57 Å². The Labute approximate surface area is 87.9 Å². The summed E-state index contributed by atoms with van der Waals surface area (Å²) >= 11 is 0. The number of para-hydroxylation sites is 1. The van der Waals surface area contributed by atoms with E-state index in [1.165, 1.54) is 12.1 Å². The van der Waals surface area contributed by atoms with E-state index >= 15 is 0 Å². The maximum absolute atomic E-state index is 11.1. The van der Waals surface area contributed by atoms with Crippen LogP contribution >= 0.6 is 7.60 Å². The van der Waals surface area contributed by atoms with E-state index in [2.05, 4.69) is 5.32 Å². The molecule has 0 saturated carbocycles. The van der Waals surface area contributed by atoms with Gasteiger partial charge in [-0.25, -0.2) is 0 Å². The van der Waals surface area contributed by atoms with Gasteiger partial charge in [-0.1, -0.05) is 25.1 Å². The average Bonchev–Trinajstić information content (AvgIpc) is 2.14. The zero-order valence-corrected chi connectivity index (χ0v) is 9.15. The second-order valence-corrected chi connectivity index (χ2v) is 4.73. The van der Waals surface area contributed by atoms with E-state index in [1.807, 2.05) is 0 Å². The van der Waals surface area contributed by atoms with Crippen LogP contribution in [0.2, 0.25) is 0 Å². The molecule has 15 heavy (non-hydrogen) atoms. The van der Waals surface area contributed by atoms with Gasteiger partial charge in [0.2, 0.25) is 0 Å². The molecule has 84 valence electrons. The summed E-state index contributed by atoms with van der Waals surface area (Å²) < 4.78 is 11.1. The first-order chi connectivity index (χ1) is 6.96. The van der Waals surface area contributed by atoms with Crippen molar-refractivity contribution < 1.29 is 19.5 Å². The van der Waals surface area contributed by atoms with Crippen molar-refractivity contribution >= 4 is 7.60 Å². The van der Waals surface area contributed by atoms with Crippen molar-refractivity contribution in [1.82, 2.24) is 5.32 Å². The number of hydrogen-bond acceptors (Lipinski definition) is 4. The molecule has 0 amide bonds. The van der Waals surface area contributed by atoms with Gasteiger partial charge in [0.25, 0.3) is 0 Å². The summed E-state index contributed by atoms with van der Waals surface area (Å²) in [5, 5.41) is 12.1. The van der Waals surface area contributed by atoms with Crippen molar-refractivity contribution in [2.75, 3.05) is 6.54 Å². The zero-order chi connectivity index (χ0) is 11.5. The SMILES string of the molecule is CCNC(c1ccccc1O)P(=O)([O-])O. The molecule has 0 heterocycles. The molecule has 1 aromatic rings. The van der Waals surface area contributed by atoms with Gasteiger partial charge in [-0.3, -0.25) is 0 Å². The van der Waals surface area contributed by atoms with Crippen LogP contribution in [0.4, 0.5) is 0 Å². The van der Waals surface area contributed by atoms with Gasteiger partial charge in [-0.15, -0.1) is 0 Å². The van der Waals surface area contributed by atoms with E-state index in [-0.39, 0.29) is 11.3 Å². The fourth-order valence-electron chi connectivity index (χ4n) is 1.31. The molecule has 1 rings (SSSR count). The van der Waals surface area contributed by atoms with Crippen LogP contribution in [0.25, 0.3) is 0 Å². The van der Waals surface area contributed by atoms with Gasteiger partial charge in [0.15, 0.2) is 7.60 Å². The number of rotatable bonds is 4. The maximum atomic E-state index is 11.1.